The van der Waals surface area contributed by atoms with E-state index < -0.39 is 0 Å². The van der Waals surface area contributed by atoms with Gasteiger partial charge in [-0.05, 0) is 43.9 Å². The van der Waals surface area contributed by atoms with E-state index in [0.29, 0.717) is 25.6 Å². The minimum atomic E-state index is 0.0484. The summed E-state index contributed by atoms with van der Waals surface area (Å²) in [5, 5.41) is 3.06. The van der Waals surface area contributed by atoms with E-state index in [0.717, 1.165) is 57.4 Å². The Hall–Kier alpha value is -1.99. The van der Waals surface area contributed by atoms with Gasteiger partial charge in [-0.1, -0.05) is 6.07 Å². The highest BCUT2D eigenvalue weighted by Gasteiger charge is 2.32. The largest absolute Gasteiger partial charge is 0.352 e. The number of rotatable bonds is 6. The Morgan fingerprint density at radius 3 is 2.74 bits per heavy atom. The van der Waals surface area contributed by atoms with Gasteiger partial charge in [0.25, 0.3) is 0 Å². The van der Waals surface area contributed by atoms with Crippen molar-refractivity contribution in [2.45, 2.75) is 44.7 Å². The SMILES string of the molecule is NCCC(=O)N1CCC(N2CCCC(C(=O)NCc3cccnc3)C2)CC1. The van der Waals surface area contributed by atoms with E-state index in [-0.39, 0.29) is 17.7 Å². The topological polar surface area (TPSA) is 91.6 Å². The quantitative estimate of drug-likeness (QED) is 0.768. The highest BCUT2D eigenvalue weighted by molar-refractivity contribution is 5.79. The molecule has 2 aliphatic rings. The minimum Gasteiger partial charge on any atom is -0.352 e. The van der Waals surface area contributed by atoms with Gasteiger partial charge in [0.15, 0.2) is 0 Å². The summed E-state index contributed by atoms with van der Waals surface area (Å²) in [6, 6.07) is 4.33. The second-order valence-electron chi connectivity index (χ2n) is 7.56. The van der Waals surface area contributed by atoms with E-state index >= 15 is 0 Å². The number of pyridine rings is 1. The number of amides is 2. The van der Waals surface area contributed by atoms with E-state index in [1.165, 1.54) is 0 Å². The molecule has 7 heteroatoms. The molecule has 1 atom stereocenters. The van der Waals surface area contributed by atoms with Crippen LogP contribution in [0.4, 0.5) is 0 Å². The molecule has 0 bridgehead atoms. The Morgan fingerprint density at radius 1 is 1.22 bits per heavy atom. The highest BCUT2D eigenvalue weighted by Crippen LogP contribution is 2.24. The summed E-state index contributed by atoms with van der Waals surface area (Å²) in [7, 11) is 0. The fourth-order valence-electron chi connectivity index (χ4n) is 4.15. The first-order chi connectivity index (χ1) is 13.2. The molecule has 3 heterocycles. The van der Waals surface area contributed by atoms with Crippen LogP contribution in [0.3, 0.4) is 0 Å². The summed E-state index contributed by atoms with van der Waals surface area (Å²) in [4.78, 5) is 33.1. The molecule has 1 aromatic rings. The van der Waals surface area contributed by atoms with Crippen LogP contribution >= 0.6 is 0 Å². The highest BCUT2D eigenvalue weighted by atomic mass is 16.2. The number of nitrogens with one attached hydrogen (secondary N) is 1. The summed E-state index contributed by atoms with van der Waals surface area (Å²) in [5.74, 6) is 0.355. The number of nitrogens with zero attached hydrogens (tertiary/aromatic N) is 3. The zero-order valence-electron chi connectivity index (χ0n) is 16.0. The van der Waals surface area contributed by atoms with Gasteiger partial charge in [-0.3, -0.25) is 19.5 Å². The van der Waals surface area contributed by atoms with E-state index in [2.05, 4.69) is 15.2 Å². The molecule has 0 radical (unpaired) electrons. The number of carbonyl (C=O) groups is 2. The van der Waals surface area contributed by atoms with Gasteiger partial charge in [0, 0.05) is 57.6 Å². The van der Waals surface area contributed by atoms with Crippen molar-refractivity contribution in [1.82, 2.24) is 20.1 Å². The Balaban J connectivity index is 1.45. The molecule has 0 spiro atoms. The molecule has 0 aromatic carbocycles. The number of hydrogen-bond donors (Lipinski definition) is 2. The zero-order chi connectivity index (χ0) is 19.1. The van der Waals surface area contributed by atoms with Gasteiger partial charge in [0.1, 0.15) is 0 Å². The van der Waals surface area contributed by atoms with Gasteiger partial charge in [-0.15, -0.1) is 0 Å². The predicted molar refractivity (Wildman–Crippen MR) is 104 cm³/mol. The Bertz CT molecular complexity index is 616. The smallest absolute Gasteiger partial charge is 0.224 e. The van der Waals surface area contributed by atoms with Gasteiger partial charge in [-0.25, -0.2) is 0 Å². The molecule has 2 aliphatic heterocycles. The number of piperidine rings is 2. The molecule has 2 amide bonds. The third-order valence-corrected chi connectivity index (χ3v) is 5.70. The maximum atomic E-state index is 12.6. The first kappa shape index (κ1) is 19.8. The zero-order valence-corrected chi connectivity index (χ0v) is 16.0. The Labute approximate surface area is 161 Å². The van der Waals surface area contributed by atoms with Crippen LogP contribution in [-0.4, -0.2) is 65.4 Å². The first-order valence-electron chi connectivity index (χ1n) is 10.1. The van der Waals surface area contributed by atoms with Crippen molar-refractivity contribution < 1.29 is 9.59 Å². The average molecular weight is 374 g/mol. The van der Waals surface area contributed by atoms with E-state index in [4.69, 9.17) is 5.73 Å². The van der Waals surface area contributed by atoms with Crippen molar-refractivity contribution in [2.24, 2.45) is 11.7 Å². The van der Waals surface area contributed by atoms with Crippen LogP contribution in [0.2, 0.25) is 0 Å². The fraction of sp³-hybridized carbons (Fsp3) is 0.650. The second kappa shape index (κ2) is 9.80. The van der Waals surface area contributed by atoms with Gasteiger partial charge in [-0.2, -0.15) is 0 Å². The van der Waals surface area contributed by atoms with Gasteiger partial charge in [0.05, 0.1) is 5.92 Å². The maximum absolute atomic E-state index is 12.6. The summed E-state index contributed by atoms with van der Waals surface area (Å²) < 4.78 is 0. The second-order valence-corrected chi connectivity index (χ2v) is 7.56. The molecule has 3 rings (SSSR count). The number of nitrogens with two attached hydrogens (primary N) is 1. The standard InChI is InChI=1S/C20H31N5O2/c21-8-5-19(26)24-11-6-18(7-12-24)25-10-2-4-17(15-25)20(27)23-14-16-3-1-9-22-13-16/h1,3,9,13,17-18H,2,4-8,10-12,14-15,21H2,(H,23,27). The normalized spacial score (nSPS) is 21.8. The maximum Gasteiger partial charge on any atom is 0.224 e. The predicted octanol–water partition coefficient (Wildman–Crippen LogP) is 0.750. The number of aromatic nitrogens is 1. The van der Waals surface area contributed by atoms with E-state index in [1.807, 2.05) is 17.0 Å². The molecule has 0 saturated carbocycles. The van der Waals surface area contributed by atoms with Crippen LogP contribution in [0, 0.1) is 5.92 Å². The monoisotopic (exact) mass is 373 g/mol. The third kappa shape index (κ3) is 5.49. The number of likely N-dealkylation sites (tertiary alicyclic amines) is 2. The van der Waals surface area contributed by atoms with Crippen molar-refractivity contribution in [2.75, 3.05) is 32.7 Å². The van der Waals surface area contributed by atoms with Crippen molar-refractivity contribution in [3.8, 4) is 0 Å². The van der Waals surface area contributed by atoms with Crippen LogP contribution in [0.25, 0.3) is 0 Å². The number of hydrogen-bond acceptors (Lipinski definition) is 5. The molecule has 0 aliphatic carbocycles. The Kier molecular flexibility index (Phi) is 7.18. The van der Waals surface area contributed by atoms with Gasteiger partial charge >= 0.3 is 0 Å². The fourth-order valence-corrected chi connectivity index (χ4v) is 4.15. The van der Waals surface area contributed by atoms with Crippen LogP contribution < -0.4 is 11.1 Å². The summed E-state index contributed by atoms with van der Waals surface area (Å²) in [6.07, 6.45) is 7.93. The molecule has 1 aromatic heterocycles. The van der Waals surface area contributed by atoms with Crippen LogP contribution in [0.1, 0.15) is 37.7 Å². The molecule has 7 nitrogen and oxygen atoms in total. The average Bonchev–Trinajstić information content (AvgIpc) is 2.73. The van der Waals surface area contributed by atoms with Crippen molar-refractivity contribution in [3.63, 3.8) is 0 Å². The summed E-state index contributed by atoms with van der Waals surface area (Å²) >= 11 is 0. The van der Waals surface area contributed by atoms with Crippen molar-refractivity contribution >= 4 is 11.8 Å². The lowest BCUT2D eigenvalue weighted by molar-refractivity contribution is -0.132. The molecule has 27 heavy (non-hydrogen) atoms. The minimum absolute atomic E-state index is 0.0484. The van der Waals surface area contributed by atoms with Gasteiger partial charge in [0.2, 0.25) is 11.8 Å². The van der Waals surface area contributed by atoms with Crippen LogP contribution in [0.15, 0.2) is 24.5 Å². The molecular formula is C20H31N5O2. The summed E-state index contributed by atoms with van der Waals surface area (Å²) in [6.45, 7) is 4.43. The first-order valence-corrected chi connectivity index (χ1v) is 10.1. The van der Waals surface area contributed by atoms with Crippen LogP contribution in [-0.2, 0) is 16.1 Å². The lowest BCUT2D eigenvalue weighted by atomic mass is 9.93. The van der Waals surface area contributed by atoms with Crippen LogP contribution in [0.5, 0.6) is 0 Å². The molecule has 2 fully saturated rings. The summed E-state index contributed by atoms with van der Waals surface area (Å²) in [5.41, 5.74) is 6.51. The Morgan fingerprint density at radius 2 is 2.04 bits per heavy atom. The van der Waals surface area contributed by atoms with Crippen molar-refractivity contribution in [1.29, 1.82) is 0 Å². The molecular weight excluding hydrogens is 342 g/mol. The molecule has 1 unspecified atom stereocenters. The van der Waals surface area contributed by atoms with Crippen molar-refractivity contribution in [3.05, 3.63) is 30.1 Å². The van der Waals surface area contributed by atoms with Gasteiger partial charge < -0.3 is 16.0 Å². The lowest BCUT2D eigenvalue weighted by Crippen LogP contribution is -2.51. The molecule has 2 saturated heterocycles. The molecule has 148 valence electrons. The van der Waals surface area contributed by atoms with E-state index in [9.17, 15) is 9.59 Å². The third-order valence-electron chi connectivity index (χ3n) is 5.70. The lowest BCUT2D eigenvalue weighted by Gasteiger charge is -2.42. The molecule has 3 N–H and O–H groups in total. The number of carbonyl (C=O) groups excluding carboxylic acids is 2. The van der Waals surface area contributed by atoms with E-state index in [1.54, 1.807) is 12.4 Å².